The minimum absolute atomic E-state index is 0.0208. The molecule has 0 atom stereocenters. The van der Waals surface area contributed by atoms with Crippen LogP contribution in [0, 0.1) is 5.82 Å². The van der Waals surface area contributed by atoms with Gasteiger partial charge in [0.05, 0.1) is 23.6 Å². The average molecular weight is 391 g/mol. The number of ether oxygens (including phenoxy) is 1. The van der Waals surface area contributed by atoms with Crippen LogP contribution in [-0.2, 0) is 11.2 Å². The Kier molecular flexibility index (Phi) is 6.74. The Hall–Kier alpha value is -2.25. The number of hydrogen-bond donors (Lipinski definition) is 1. The van der Waals surface area contributed by atoms with Crippen molar-refractivity contribution < 1.29 is 13.9 Å². The van der Waals surface area contributed by atoms with Crippen molar-refractivity contribution in [3.05, 3.63) is 58.7 Å². The molecule has 7 heteroatoms. The Labute approximate surface area is 159 Å². The maximum atomic E-state index is 12.8. The smallest absolute Gasteiger partial charge is 0.226 e. The number of nitrogens with one attached hydrogen (secondary N) is 1. The number of benzene rings is 1. The van der Waals surface area contributed by atoms with Crippen LogP contribution in [0.1, 0.15) is 18.5 Å². The van der Waals surface area contributed by atoms with E-state index in [2.05, 4.69) is 10.3 Å². The molecular formula is C19H19FN2O2S2. The predicted octanol–water partition coefficient (Wildman–Crippen LogP) is 4.53. The lowest BCUT2D eigenvalue weighted by Crippen LogP contribution is -2.26. The van der Waals surface area contributed by atoms with Crippen LogP contribution in [0.25, 0.3) is 9.88 Å². The normalized spacial score (nSPS) is 10.7. The number of amides is 1. The average Bonchev–Trinajstić information content (AvgIpc) is 3.31. The number of rotatable bonds is 9. The highest BCUT2D eigenvalue weighted by molar-refractivity contribution is 7.20. The fourth-order valence-electron chi connectivity index (χ4n) is 2.30. The summed E-state index contributed by atoms with van der Waals surface area (Å²) in [5, 5.41) is 7.82. The first-order chi connectivity index (χ1) is 12.7. The van der Waals surface area contributed by atoms with Crippen LogP contribution in [-0.4, -0.2) is 24.0 Å². The summed E-state index contributed by atoms with van der Waals surface area (Å²) in [5.74, 6) is 0.357. The van der Waals surface area contributed by atoms with Crippen molar-refractivity contribution in [2.24, 2.45) is 0 Å². The molecule has 2 heterocycles. The number of unbranched alkanes of at least 4 members (excludes halogenated alkanes) is 1. The lowest BCUT2D eigenvalue weighted by Gasteiger charge is -2.07. The third-order valence-corrected chi connectivity index (χ3v) is 5.53. The Morgan fingerprint density at radius 1 is 1.15 bits per heavy atom. The van der Waals surface area contributed by atoms with Gasteiger partial charge in [-0.3, -0.25) is 4.79 Å². The number of carbonyl (C=O) groups excluding carboxylic acids is 1. The maximum Gasteiger partial charge on any atom is 0.226 e. The first kappa shape index (κ1) is 18.5. The molecule has 0 aliphatic rings. The SMILES string of the molecule is O=C(Cc1csc(-c2cccs2)n1)NCCCCOc1ccc(F)cc1. The summed E-state index contributed by atoms with van der Waals surface area (Å²) in [4.78, 5) is 17.6. The summed E-state index contributed by atoms with van der Waals surface area (Å²) in [6.07, 6.45) is 1.94. The fourth-order valence-corrected chi connectivity index (χ4v) is 3.94. The molecule has 0 fully saturated rings. The largest absolute Gasteiger partial charge is 0.494 e. The second-order valence-corrected chi connectivity index (χ2v) is 7.46. The maximum absolute atomic E-state index is 12.8. The van der Waals surface area contributed by atoms with Crippen molar-refractivity contribution in [2.75, 3.05) is 13.2 Å². The molecule has 1 aromatic carbocycles. The summed E-state index contributed by atoms with van der Waals surface area (Å²) in [6.45, 7) is 1.14. The molecule has 136 valence electrons. The van der Waals surface area contributed by atoms with Gasteiger partial charge in [-0.25, -0.2) is 9.37 Å². The standard InChI is InChI=1S/C19H19FN2O2S2/c20-14-5-7-16(8-6-14)24-10-2-1-9-21-18(23)12-15-13-26-19(22-15)17-4-3-11-25-17/h3-8,11,13H,1-2,9-10,12H2,(H,21,23). The number of carbonyl (C=O) groups is 1. The van der Waals surface area contributed by atoms with Crippen molar-refractivity contribution in [3.63, 3.8) is 0 Å². The van der Waals surface area contributed by atoms with Gasteiger partial charge in [0.2, 0.25) is 5.91 Å². The minimum atomic E-state index is -0.275. The Bertz CT molecular complexity index is 816. The molecule has 0 aliphatic heterocycles. The molecule has 3 rings (SSSR count). The van der Waals surface area contributed by atoms with Gasteiger partial charge in [-0.15, -0.1) is 22.7 Å². The molecule has 3 aromatic rings. The first-order valence-electron chi connectivity index (χ1n) is 8.34. The Morgan fingerprint density at radius 2 is 2.00 bits per heavy atom. The zero-order valence-corrected chi connectivity index (χ0v) is 15.7. The molecule has 1 amide bonds. The monoisotopic (exact) mass is 390 g/mol. The Balaban J connectivity index is 1.30. The van der Waals surface area contributed by atoms with Crippen LogP contribution >= 0.6 is 22.7 Å². The number of thiophene rings is 1. The molecule has 2 aromatic heterocycles. The van der Waals surface area contributed by atoms with Crippen LogP contribution in [0.15, 0.2) is 47.2 Å². The van der Waals surface area contributed by atoms with Gasteiger partial charge >= 0.3 is 0 Å². The molecule has 0 unspecified atom stereocenters. The number of halogens is 1. The van der Waals surface area contributed by atoms with E-state index in [0.29, 0.717) is 25.3 Å². The van der Waals surface area contributed by atoms with E-state index < -0.39 is 0 Å². The van der Waals surface area contributed by atoms with Gasteiger partial charge in [0.25, 0.3) is 0 Å². The van der Waals surface area contributed by atoms with Crippen molar-refractivity contribution in [3.8, 4) is 15.6 Å². The van der Waals surface area contributed by atoms with Crippen molar-refractivity contribution in [1.82, 2.24) is 10.3 Å². The molecule has 0 aliphatic carbocycles. The second-order valence-electron chi connectivity index (χ2n) is 5.66. The summed E-state index contributed by atoms with van der Waals surface area (Å²) < 4.78 is 18.3. The lowest BCUT2D eigenvalue weighted by molar-refractivity contribution is -0.120. The number of aromatic nitrogens is 1. The van der Waals surface area contributed by atoms with Crippen molar-refractivity contribution in [2.45, 2.75) is 19.3 Å². The first-order valence-corrected chi connectivity index (χ1v) is 10.1. The zero-order valence-electron chi connectivity index (χ0n) is 14.1. The van der Waals surface area contributed by atoms with E-state index in [-0.39, 0.29) is 11.7 Å². The van der Waals surface area contributed by atoms with Crippen LogP contribution in [0.2, 0.25) is 0 Å². The topological polar surface area (TPSA) is 51.2 Å². The highest BCUT2D eigenvalue weighted by Crippen LogP contribution is 2.27. The van der Waals surface area contributed by atoms with Gasteiger partial charge in [-0.2, -0.15) is 0 Å². The second kappa shape index (κ2) is 9.45. The molecule has 0 radical (unpaired) electrons. The summed E-state index contributed by atoms with van der Waals surface area (Å²) in [6, 6.07) is 9.98. The van der Waals surface area contributed by atoms with Crippen molar-refractivity contribution in [1.29, 1.82) is 0 Å². The van der Waals surface area contributed by atoms with E-state index >= 15 is 0 Å². The van der Waals surface area contributed by atoms with Gasteiger partial charge in [0, 0.05) is 11.9 Å². The van der Waals surface area contributed by atoms with E-state index in [9.17, 15) is 9.18 Å². The number of hydrogen-bond acceptors (Lipinski definition) is 5. The van der Waals surface area contributed by atoms with E-state index in [0.717, 1.165) is 28.4 Å². The quantitative estimate of drug-likeness (QED) is 0.546. The van der Waals surface area contributed by atoms with Gasteiger partial charge in [-0.05, 0) is 48.6 Å². The number of thiazole rings is 1. The van der Waals surface area contributed by atoms with Gasteiger partial charge in [-0.1, -0.05) is 6.07 Å². The highest BCUT2D eigenvalue weighted by Gasteiger charge is 2.09. The third-order valence-electron chi connectivity index (χ3n) is 3.60. The number of nitrogens with zero attached hydrogens (tertiary/aromatic N) is 1. The minimum Gasteiger partial charge on any atom is -0.494 e. The van der Waals surface area contributed by atoms with E-state index in [4.69, 9.17) is 4.74 Å². The predicted molar refractivity (Wildman–Crippen MR) is 103 cm³/mol. The lowest BCUT2D eigenvalue weighted by atomic mass is 10.3. The molecule has 1 N–H and O–H groups in total. The van der Waals surface area contributed by atoms with E-state index in [1.165, 1.54) is 12.1 Å². The summed E-state index contributed by atoms with van der Waals surface area (Å²) >= 11 is 3.21. The van der Waals surface area contributed by atoms with Crippen LogP contribution in [0.4, 0.5) is 4.39 Å². The molecule has 26 heavy (non-hydrogen) atoms. The molecule has 0 bridgehead atoms. The van der Waals surface area contributed by atoms with Crippen LogP contribution < -0.4 is 10.1 Å². The fraction of sp³-hybridized carbons (Fsp3) is 0.263. The molecule has 0 saturated heterocycles. The zero-order chi connectivity index (χ0) is 18.2. The molecule has 4 nitrogen and oxygen atoms in total. The van der Waals surface area contributed by atoms with Gasteiger partial charge in [0.1, 0.15) is 16.6 Å². The van der Waals surface area contributed by atoms with Gasteiger partial charge in [0.15, 0.2) is 0 Å². The van der Waals surface area contributed by atoms with Crippen LogP contribution in [0.3, 0.4) is 0 Å². The third kappa shape index (κ3) is 5.64. The van der Waals surface area contributed by atoms with Gasteiger partial charge < -0.3 is 10.1 Å². The molecule has 0 saturated carbocycles. The summed E-state index contributed by atoms with van der Waals surface area (Å²) in [7, 11) is 0. The summed E-state index contributed by atoms with van der Waals surface area (Å²) in [5.41, 5.74) is 0.801. The molecular weight excluding hydrogens is 371 g/mol. The van der Waals surface area contributed by atoms with Crippen LogP contribution in [0.5, 0.6) is 5.75 Å². The van der Waals surface area contributed by atoms with Crippen molar-refractivity contribution >= 4 is 28.6 Å². The van der Waals surface area contributed by atoms with E-state index in [1.807, 2.05) is 22.9 Å². The van der Waals surface area contributed by atoms with E-state index in [1.54, 1.807) is 34.8 Å². The molecule has 0 spiro atoms. The highest BCUT2D eigenvalue weighted by atomic mass is 32.1. The Morgan fingerprint density at radius 3 is 2.77 bits per heavy atom.